The van der Waals surface area contributed by atoms with E-state index in [1.165, 1.54) is 16.8 Å². The van der Waals surface area contributed by atoms with E-state index in [1.807, 2.05) is 31.0 Å². The molecule has 4 heteroatoms. The first-order valence-corrected chi connectivity index (χ1v) is 5.76. The average Bonchev–Trinajstić information content (AvgIpc) is 2.60. The quantitative estimate of drug-likeness (QED) is 0.869. The second-order valence-electron chi connectivity index (χ2n) is 4.31. The van der Waals surface area contributed by atoms with Gasteiger partial charge in [0, 0.05) is 32.5 Å². The molecule has 0 radical (unpaired) electrons. The van der Waals surface area contributed by atoms with Crippen LogP contribution in [0.25, 0.3) is 0 Å². The van der Waals surface area contributed by atoms with Gasteiger partial charge in [-0.25, -0.2) is 0 Å². The van der Waals surface area contributed by atoms with Crippen molar-refractivity contribution in [3.8, 4) is 0 Å². The minimum absolute atomic E-state index is 0.832. The van der Waals surface area contributed by atoms with E-state index >= 15 is 0 Å². The summed E-state index contributed by atoms with van der Waals surface area (Å²) in [5.74, 6) is 0. The van der Waals surface area contributed by atoms with Crippen molar-refractivity contribution in [2.24, 2.45) is 7.05 Å². The van der Waals surface area contributed by atoms with Crippen LogP contribution in [0.15, 0.2) is 24.5 Å². The molecule has 0 saturated carbocycles. The van der Waals surface area contributed by atoms with E-state index in [1.54, 1.807) is 0 Å². The summed E-state index contributed by atoms with van der Waals surface area (Å²) in [6.45, 7) is 5.78. The largest absolute Gasteiger partial charge is 0.307 e. The molecule has 0 fully saturated rings. The molecule has 0 aliphatic carbocycles. The Morgan fingerprint density at radius 1 is 1.29 bits per heavy atom. The number of aryl methyl sites for hydroxylation is 3. The number of aromatic nitrogens is 3. The van der Waals surface area contributed by atoms with Crippen LogP contribution in [0.3, 0.4) is 0 Å². The Labute approximate surface area is 102 Å². The van der Waals surface area contributed by atoms with Crippen LogP contribution < -0.4 is 5.32 Å². The Bertz CT molecular complexity index is 502. The smallest absolute Gasteiger partial charge is 0.0597 e. The van der Waals surface area contributed by atoms with Gasteiger partial charge in [-0.15, -0.1) is 0 Å². The number of hydrogen-bond acceptors (Lipinski definition) is 3. The third-order valence-corrected chi connectivity index (χ3v) is 2.86. The van der Waals surface area contributed by atoms with Crippen LogP contribution >= 0.6 is 0 Å². The van der Waals surface area contributed by atoms with Gasteiger partial charge >= 0.3 is 0 Å². The van der Waals surface area contributed by atoms with Gasteiger partial charge in [-0.3, -0.25) is 9.67 Å². The first-order chi connectivity index (χ1) is 8.16. The summed E-state index contributed by atoms with van der Waals surface area (Å²) < 4.78 is 1.92. The highest BCUT2D eigenvalue weighted by molar-refractivity contribution is 5.21. The zero-order valence-corrected chi connectivity index (χ0v) is 10.6. The lowest BCUT2D eigenvalue weighted by molar-refractivity contribution is 0.623. The maximum atomic E-state index is 4.32. The van der Waals surface area contributed by atoms with E-state index < -0.39 is 0 Å². The lowest BCUT2D eigenvalue weighted by Gasteiger charge is -2.07. The molecule has 2 aromatic heterocycles. The zero-order chi connectivity index (χ0) is 12.3. The highest BCUT2D eigenvalue weighted by Gasteiger charge is 2.02. The van der Waals surface area contributed by atoms with Crippen molar-refractivity contribution in [3.05, 3.63) is 47.0 Å². The van der Waals surface area contributed by atoms with Crippen LogP contribution in [0.4, 0.5) is 0 Å². The van der Waals surface area contributed by atoms with Gasteiger partial charge in [-0.2, -0.15) is 5.10 Å². The van der Waals surface area contributed by atoms with Gasteiger partial charge in [0.15, 0.2) is 0 Å². The SMILES string of the molecule is Cc1cc(CNCc2ccncc2C)n(C)n1. The van der Waals surface area contributed by atoms with Crippen molar-refractivity contribution >= 4 is 0 Å². The van der Waals surface area contributed by atoms with Crippen molar-refractivity contribution < 1.29 is 0 Å². The molecule has 4 nitrogen and oxygen atoms in total. The van der Waals surface area contributed by atoms with Crippen LogP contribution in [0.1, 0.15) is 22.5 Å². The molecule has 0 aliphatic rings. The van der Waals surface area contributed by atoms with Crippen molar-refractivity contribution in [2.45, 2.75) is 26.9 Å². The highest BCUT2D eigenvalue weighted by atomic mass is 15.3. The molecule has 2 rings (SSSR count). The molecule has 90 valence electrons. The van der Waals surface area contributed by atoms with Crippen molar-refractivity contribution in [1.29, 1.82) is 0 Å². The average molecular weight is 230 g/mol. The number of nitrogens with zero attached hydrogens (tertiary/aromatic N) is 3. The number of nitrogens with one attached hydrogen (secondary N) is 1. The standard InChI is InChI=1S/C13H18N4/c1-10-7-14-5-4-12(10)8-15-9-13-6-11(2)16-17(13)3/h4-7,15H,8-9H2,1-3H3. The Morgan fingerprint density at radius 3 is 2.76 bits per heavy atom. The molecular weight excluding hydrogens is 212 g/mol. The molecule has 0 aliphatic heterocycles. The van der Waals surface area contributed by atoms with Gasteiger partial charge < -0.3 is 5.32 Å². The lowest BCUT2D eigenvalue weighted by Crippen LogP contribution is -2.15. The Hall–Kier alpha value is -1.68. The number of rotatable bonds is 4. The van der Waals surface area contributed by atoms with Gasteiger partial charge in [0.05, 0.1) is 11.4 Å². The molecule has 0 aromatic carbocycles. The topological polar surface area (TPSA) is 42.7 Å². The minimum Gasteiger partial charge on any atom is -0.307 e. The summed E-state index contributed by atoms with van der Waals surface area (Å²) in [5.41, 5.74) is 4.78. The monoisotopic (exact) mass is 230 g/mol. The molecule has 0 bridgehead atoms. The molecule has 0 spiro atoms. The van der Waals surface area contributed by atoms with Gasteiger partial charge in [-0.1, -0.05) is 0 Å². The maximum absolute atomic E-state index is 4.32. The Balaban J connectivity index is 1.92. The second kappa shape index (κ2) is 5.10. The maximum Gasteiger partial charge on any atom is 0.0597 e. The summed E-state index contributed by atoms with van der Waals surface area (Å²) in [6.07, 6.45) is 3.73. The first-order valence-electron chi connectivity index (χ1n) is 5.76. The fourth-order valence-corrected chi connectivity index (χ4v) is 1.86. The number of hydrogen-bond donors (Lipinski definition) is 1. The van der Waals surface area contributed by atoms with Gasteiger partial charge in [0.1, 0.15) is 0 Å². The molecule has 17 heavy (non-hydrogen) atoms. The molecule has 0 unspecified atom stereocenters. The van der Waals surface area contributed by atoms with Gasteiger partial charge in [0.2, 0.25) is 0 Å². The van der Waals surface area contributed by atoms with E-state index in [0.29, 0.717) is 0 Å². The third kappa shape index (κ3) is 2.91. The van der Waals surface area contributed by atoms with E-state index in [9.17, 15) is 0 Å². The first kappa shape index (κ1) is 11.8. The summed E-state index contributed by atoms with van der Waals surface area (Å²) in [7, 11) is 1.97. The molecule has 2 heterocycles. The van der Waals surface area contributed by atoms with E-state index in [4.69, 9.17) is 0 Å². The summed E-state index contributed by atoms with van der Waals surface area (Å²) in [4.78, 5) is 4.09. The zero-order valence-electron chi connectivity index (χ0n) is 10.6. The molecule has 1 N–H and O–H groups in total. The van der Waals surface area contributed by atoms with Gasteiger partial charge in [-0.05, 0) is 37.1 Å². The van der Waals surface area contributed by atoms with E-state index in [2.05, 4.69) is 34.5 Å². The van der Waals surface area contributed by atoms with E-state index in [0.717, 1.165) is 18.8 Å². The van der Waals surface area contributed by atoms with Crippen molar-refractivity contribution in [2.75, 3.05) is 0 Å². The second-order valence-corrected chi connectivity index (χ2v) is 4.31. The minimum atomic E-state index is 0.832. The highest BCUT2D eigenvalue weighted by Crippen LogP contribution is 2.05. The summed E-state index contributed by atoms with van der Waals surface area (Å²) in [6, 6.07) is 4.16. The van der Waals surface area contributed by atoms with Crippen LogP contribution in [0.5, 0.6) is 0 Å². The third-order valence-electron chi connectivity index (χ3n) is 2.86. The Morgan fingerprint density at radius 2 is 2.12 bits per heavy atom. The molecule has 2 aromatic rings. The summed E-state index contributed by atoms with van der Waals surface area (Å²) >= 11 is 0. The summed E-state index contributed by atoms with van der Waals surface area (Å²) in [5, 5.41) is 7.75. The number of pyridine rings is 1. The lowest BCUT2D eigenvalue weighted by atomic mass is 10.1. The predicted molar refractivity (Wildman–Crippen MR) is 67.5 cm³/mol. The van der Waals surface area contributed by atoms with Crippen LogP contribution in [-0.2, 0) is 20.1 Å². The van der Waals surface area contributed by atoms with Gasteiger partial charge in [0.25, 0.3) is 0 Å². The van der Waals surface area contributed by atoms with Crippen LogP contribution in [0, 0.1) is 13.8 Å². The fourth-order valence-electron chi connectivity index (χ4n) is 1.86. The fraction of sp³-hybridized carbons (Fsp3) is 0.385. The Kier molecular flexibility index (Phi) is 3.54. The van der Waals surface area contributed by atoms with E-state index in [-0.39, 0.29) is 0 Å². The van der Waals surface area contributed by atoms with Crippen LogP contribution in [-0.4, -0.2) is 14.8 Å². The molecular formula is C13H18N4. The van der Waals surface area contributed by atoms with Crippen molar-refractivity contribution in [1.82, 2.24) is 20.1 Å². The molecule has 0 amide bonds. The molecule has 0 atom stereocenters. The van der Waals surface area contributed by atoms with Crippen molar-refractivity contribution in [3.63, 3.8) is 0 Å². The molecule has 0 saturated heterocycles. The predicted octanol–water partition coefficient (Wildman–Crippen LogP) is 1.72. The van der Waals surface area contributed by atoms with Crippen LogP contribution in [0.2, 0.25) is 0 Å². The normalized spacial score (nSPS) is 10.8.